The van der Waals surface area contributed by atoms with E-state index >= 15 is 0 Å². The van der Waals surface area contributed by atoms with Crippen LogP contribution < -0.4 is 10.5 Å². The number of benzene rings is 1. The van der Waals surface area contributed by atoms with Crippen molar-refractivity contribution in [3.63, 3.8) is 0 Å². The lowest BCUT2D eigenvalue weighted by molar-refractivity contribution is 0.0573. The van der Waals surface area contributed by atoms with E-state index in [9.17, 15) is 4.79 Å². The molecule has 1 aromatic rings. The van der Waals surface area contributed by atoms with Gasteiger partial charge in [-0.25, -0.2) is 0 Å². The van der Waals surface area contributed by atoms with Gasteiger partial charge in [0, 0.05) is 24.7 Å². The number of likely N-dealkylation sites (tertiary alicyclic amines) is 1. The number of nitrogens with two attached hydrogens (primary N) is 1. The maximum Gasteiger partial charge on any atom is 0.254 e. The molecule has 0 bridgehead atoms. The number of piperidine rings is 1. The minimum Gasteiger partial charge on any atom is -0.494 e. The van der Waals surface area contributed by atoms with E-state index in [1.807, 2.05) is 36.1 Å². The highest BCUT2D eigenvalue weighted by Gasteiger charge is 2.29. The first-order valence-electron chi connectivity index (χ1n) is 7.39. The van der Waals surface area contributed by atoms with E-state index in [2.05, 4.69) is 6.92 Å². The molecule has 1 aliphatic heterocycles. The Bertz CT molecular complexity index is 450. The van der Waals surface area contributed by atoms with Gasteiger partial charge in [-0.15, -0.1) is 12.4 Å². The zero-order valence-corrected chi connectivity index (χ0v) is 13.6. The van der Waals surface area contributed by atoms with Crippen molar-refractivity contribution >= 4 is 18.3 Å². The van der Waals surface area contributed by atoms with E-state index < -0.39 is 0 Å². The van der Waals surface area contributed by atoms with Crippen LogP contribution in [0.1, 0.15) is 37.0 Å². The third-order valence-corrected chi connectivity index (χ3v) is 3.92. The predicted molar refractivity (Wildman–Crippen MR) is 87.1 cm³/mol. The fourth-order valence-corrected chi connectivity index (χ4v) is 2.77. The predicted octanol–water partition coefficient (Wildman–Crippen LogP) is 2.71. The molecule has 2 atom stereocenters. The minimum atomic E-state index is 0. The van der Waals surface area contributed by atoms with Crippen LogP contribution in [-0.2, 0) is 0 Å². The molecule has 1 saturated heterocycles. The molecule has 1 fully saturated rings. The molecule has 5 heteroatoms. The van der Waals surface area contributed by atoms with Gasteiger partial charge in [0.25, 0.3) is 5.91 Å². The highest BCUT2D eigenvalue weighted by molar-refractivity contribution is 5.94. The Balaban J connectivity index is 0.00000220. The second-order valence-electron chi connectivity index (χ2n) is 5.48. The number of hydrogen-bond acceptors (Lipinski definition) is 3. The molecule has 2 rings (SSSR count). The molecular formula is C16H25ClN2O2. The summed E-state index contributed by atoms with van der Waals surface area (Å²) in [7, 11) is 0. The van der Waals surface area contributed by atoms with Gasteiger partial charge < -0.3 is 15.4 Å². The molecule has 1 amide bonds. The Morgan fingerprint density at radius 3 is 2.62 bits per heavy atom. The highest BCUT2D eigenvalue weighted by atomic mass is 35.5. The lowest BCUT2D eigenvalue weighted by Gasteiger charge is -2.38. The van der Waals surface area contributed by atoms with Gasteiger partial charge in [-0.3, -0.25) is 4.79 Å². The Morgan fingerprint density at radius 2 is 2.05 bits per heavy atom. The molecular weight excluding hydrogens is 288 g/mol. The molecule has 21 heavy (non-hydrogen) atoms. The third kappa shape index (κ3) is 4.35. The molecule has 1 heterocycles. The fourth-order valence-electron chi connectivity index (χ4n) is 2.77. The molecule has 1 aliphatic rings. The topological polar surface area (TPSA) is 55.6 Å². The number of amides is 1. The van der Waals surface area contributed by atoms with Crippen molar-refractivity contribution in [2.24, 2.45) is 11.7 Å². The normalized spacial score (nSPS) is 21.6. The SMILES string of the molecule is CCOc1ccc(C(=O)N2CCC(C)CC2CN)cc1.Cl. The van der Waals surface area contributed by atoms with Crippen molar-refractivity contribution in [3.05, 3.63) is 29.8 Å². The van der Waals surface area contributed by atoms with Crippen molar-refractivity contribution in [3.8, 4) is 5.75 Å². The molecule has 0 aromatic heterocycles. The van der Waals surface area contributed by atoms with Crippen molar-refractivity contribution < 1.29 is 9.53 Å². The van der Waals surface area contributed by atoms with Crippen molar-refractivity contribution in [2.75, 3.05) is 19.7 Å². The molecule has 0 spiro atoms. The van der Waals surface area contributed by atoms with Gasteiger partial charge >= 0.3 is 0 Å². The quantitative estimate of drug-likeness (QED) is 0.930. The van der Waals surface area contributed by atoms with E-state index in [4.69, 9.17) is 10.5 Å². The van der Waals surface area contributed by atoms with E-state index in [0.29, 0.717) is 24.6 Å². The average Bonchev–Trinajstić information content (AvgIpc) is 2.47. The van der Waals surface area contributed by atoms with Crippen LogP contribution in [0.5, 0.6) is 5.75 Å². The summed E-state index contributed by atoms with van der Waals surface area (Å²) in [5.74, 6) is 1.52. The summed E-state index contributed by atoms with van der Waals surface area (Å²) in [5, 5.41) is 0. The van der Waals surface area contributed by atoms with Crippen molar-refractivity contribution in [2.45, 2.75) is 32.7 Å². The summed E-state index contributed by atoms with van der Waals surface area (Å²) in [6, 6.07) is 7.53. The number of halogens is 1. The fraction of sp³-hybridized carbons (Fsp3) is 0.562. The summed E-state index contributed by atoms with van der Waals surface area (Å²) >= 11 is 0. The van der Waals surface area contributed by atoms with Gasteiger partial charge in [0.05, 0.1) is 6.61 Å². The monoisotopic (exact) mass is 312 g/mol. The van der Waals surface area contributed by atoms with E-state index in [1.54, 1.807) is 0 Å². The molecule has 118 valence electrons. The van der Waals surface area contributed by atoms with Gasteiger partial charge in [-0.05, 0) is 49.9 Å². The summed E-state index contributed by atoms with van der Waals surface area (Å²) in [6.45, 7) is 6.13. The zero-order valence-electron chi connectivity index (χ0n) is 12.7. The lowest BCUT2D eigenvalue weighted by Crippen LogP contribution is -2.49. The number of hydrogen-bond donors (Lipinski definition) is 1. The van der Waals surface area contributed by atoms with Gasteiger partial charge in [-0.1, -0.05) is 6.92 Å². The molecule has 0 saturated carbocycles. The van der Waals surface area contributed by atoms with Crippen LogP contribution in [0, 0.1) is 5.92 Å². The van der Waals surface area contributed by atoms with Crippen LogP contribution in [0.3, 0.4) is 0 Å². The highest BCUT2D eigenvalue weighted by Crippen LogP contribution is 2.24. The summed E-state index contributed by atoms with van der Waals surface area (Å²) in [4.78, 5) is 14.5. The Labute approximate surface area is 133 Å². The Hall–Kier alpha value is -1.26. The molecule has 0 radical (unpaired) electrons. The first-order valence-corrected chi connectivity index (χ1v) is 7.39. The van der Waals surface area contributed by atoms with Crippen molar-refractivity contribution in [1.29, 1.82) is 0 Å². The standard InChI is InChI=1S/C16H24N2O2.ClH/c1-3-20-15-6-4-13(5-7-15)16(19)18-9-8-12(2)10-14(18)11-17;/h4-7,12,14H,3,8-11,17H2,1-2H3;1H. The van der Waals surface area contributed by atoms with Gasteiger partial charge in [0.2, 0.25) is 0 Å². The van der Waals surface area contributed by atoms with E-state index in [1.165, 1.54) is 0 Å². The van der Waals surface area contributed by atoms with Crippen LogP contribution in [-0.4, -0.2) is 36.5 Å². The molecule has 1 aromatic carbocycles. The average molecular weight is 313 g/mol. The summed E-state index contributed by atoms with van der Waals surface area (Å²) in [6.07, 6.45) is 2.05. The number of ether oxygens (including phenoxy) is 1. The third-order valence-electron chi connectivity index (χ3n) is 3.92. The number of rotatable bonds is 4. The smallest absolute Gasteiger partial charge is 0.254 e. The number of carbonyl (C=O) groups excluding carboxylic acids is 1. The second-order valence-corrected chi connectivity index (χ2v) is 5.48. The van der Waals surface area contributed by atoms with E-state index in [-0.39, 0.29) is 24.4 Å². The number of carbonyl (C=O) groups is 1. The van der Waals surface area contributed by atoms with Gasteiger partial charge in [-0.2, -0.15) is 0 Å². The first-order chi connectivity index (χ1) is 9.65. The van der Waals surface area contributed by atoms with E-state index in [0.717, 1.165) is 25.1 Å². The second kappa shape index (κ2) is 8.25. The minimum absolute atomic E-state index is 0. The maximum atomic E-state index is 12.6. The summed E-state index contributed by atoms with van der Waals surface area (Å²) < 4.78 is 5.40. The summed E-state index contributed by atoms with van der Waals surface area (Å²) in [5.41, 5.74) is 6.53. The molecule has 0 aliphatic carbocycles. The van der Waals surface area contributed by atoms with Crippen LogP contribution in [0.25, 0.3) is 0 Å². The molecule has 2 N–H and O–H groups in total. The maximum absolute atomic E-state index is 12.6. The molecule has 4 nitrogen and oxygen atoms in total. The lowest BCUT2D eigenvalue weighted by atomic mass is 9.92. The Morgan fingerprint density at radius 1 is 1.38 bits per heavy atom. The van der Waals surface area contributed by atoms with Crippen LogP contribution in [0.4, 0.5) is 0 Å². The Kier molecular flexibility index (Phi) is 6.99. The van der Waals surface area contributed by atoms with Crippen LogP contribution in [0.15, 0.2) is 24.3 Å². The van der Waals surface area contributed by atoms with Crippen LogP contribution >= 0.6 is 12.4 Å². The molecule has 2 unspecified atom stereocenters. The van der Waals surface area contributed by atoms with Gasteiger partial charge in [0.15, 0.2) is 0 Å². The van der Waals surface area contributed by atoms with Crippen LogP contribution in [0.2, 0.25) is 0 Å². The van der Waals surface area contributed by atoms with Crippen molar-refractivity contribution in [1.82, 2.24) is 4.90 Å². The first kappa shape index (κ1) is 17.8. The zero-order chi connectivity index (χ0) is 14.5. The largest absolute Gasteiger partial charge is 0.494 e. The number of nitrogens with zero attached hydrogens (tertiary/aromatic N) is 1. The van der Waals surface area contributed by atoms with Gasteiger partial charge in [0.1, 0.15) is 5.75 Å².